The molecule has 98 heavy (non-hydrogen) atoms. The fourth-order valence-corrected chi connectivity index (χ4v) is 11.6. The van der Waals surface area contributed by atoms with Crippen LogP contribution < -0.4 is 0 Å². The molecule has 19 heteroatoms. The molecule has 0 aliphatic carbocycles. The third-order valence-corrected chi connectivity index (χ3v) is 17.7. The van der Waals surface area contributed by atoms with Gasteiger partial charge in [-0.2, -0.15) is 0 Å². The van der Waals surface area contributed by atoms with Crippen molar-refractivity contribution in [1.82, 2.24) is 0 Å². The molecular weight excluding hydrogens is 1280 g/mol. The summed E-state index contributed by atoms with van der Waals surface area (Å²) in [5, 5.41) is 10.6. The van der Waals surface area contributed by atoms with Crippen LogP contribution in [-0.2, 0) is 65.4 Å². The predicted octanol–water partition coefficient (Wildman–Crippen LogP) is 21.8. The Hall–Kier alpha value is -4.28. The van der Waals surface area contributed by atoms with Gasteiger partial charge in [0.05, 0.1) is 26.4 Å². The highest BCUT2D eigenvalue weighted by Gasteiger charge is 2.30. The first-order valence-electron chi connectivity index (χ1n) is 38.1. The maximum Gasteiger partial charge on any atom is 0.472 e. The van der Waals surface area contributed by atoms with Gasteiger partial charge in [-0.25, -0.2) is 9.13 Å². The third-order valence-electron chi connectivity index (χ3n) is 15.8. The van der Waals surface area contributed by atoms with Gasteiger partial charge >= 0.3 is 39.5 Å². The molecule has 17 nitrogen and oxygen atoms in total. The quantitative estimate of drug-likeness (QED) is 0.0169. The van der Waals surface area contributed by atoms with Crippen molar-refractivity contribution >= 4 is 39.5 Å². The van der Waals surface area contributed by atoms with E-state index in [1.807, 2.05) is 0 Å². The lowest BCUT2D eigenvalue weighted by molar-refractivity contribution is -0.161. The highest BCUT2D eigenvalue weighted by Crippen LogP contribution is 2.45. The van der Waals surface area contributed by atoms with Crippen LogP contribution in [0.25, 0.3) is 0 Å². The van der Waals surface area contributed by atoms with Crippen molar-refractivity contribution in [3.05, 3.63) is 109 Å². The summed E-state index contributed by atoms with van der Waals surface area (Å²) in [6, 6.07) is 0. The van der Waals surface area contributed by atoms with Crippen LogP contribution in [0.4, 0.5) is 0 Å². The fraction of sp³-hybridized carbons (Fsp3) is 0.722. The summed E-state index contributed by atoms with van der Waals surface area (Å²) in [6.07, 6.45) is 75.2. The van der Waals surface area contributed by atoms with E-state index in [0.717, 1.165) is 128 Å². The summed E-state index contributed by atoms with van der Waals surface area (Å²) in [6.45, 7) is 4.57. The largest absolute Gasteiger partial charge is 0.472 e. The number of carbonyl (C=O) groups excluding carboxylic acids is 4. The number of carbonyl (C=O) groups is 4. The second kappa shape index (κ2) is 71.1. The van der Waals surface area contributed by atoms with E-state index in [4.69, 9.17) is 37.0 Å². The zero-order valence-corrected chi connectivity index (χ0v) is 63.2. The standard InChI is InChI=1S/C79H136O17P2/c1-5-9-13-17-21-25-29-32-34-35-36-37-39-41-45-48-52-56-60-64-77(82)90-70-75(96-79(84)66-62-58-54-50-46-42-38-33-30-26-22-18-14-10-6-2)72-94-98(87,88)92-68-73(80)67-91-97(85,86)93-71-74(95-78(83)65-61-57-53-49-43-28-24-20-16-12-8-4)69-89-76(81)63-59-55-51-47-44-40-31-27-23-19-15-11-7-3/h9-10,13-14,21-22,25-26,32-34,36-38,41,45-46,50,73-75,80H,5-8,11-12,15-20,23-24,27-31,35,39-40,42-44,47-49,51-72H2,1-4H3,(H,85,86)(H,87,88)/b13-9-,14-10-,25-21-,26-22-,34-32-,37-36-,38-33-,45-41-,50-46-. The van der Waals surface area contributed by atoms with Crippen LogP contribution in [0.15, 0.2) is 109 Å². The zero-order chi connectivity index (χ0) is 71.8. The lowest BCUT2D eigenvalue weighted by Crippen LogP contribution is -2.30. The normalized spacial score (nSPS) is 14.6. The molecular formula is C79H136O17P2. The Labute approximate surface area is 594 Å². The summed E-state index contributed by atoms with van der Waals surface area (Å²) in [5.41, 5.74) is 0. The molecule has 3 N–H and O–H groups in total. The Morgan fingerprint density at radius 1 is 0.296 bits per heavy atom. The first-order chi connectivity index (χ1) is 47.7. The molecule has 0 amide bonds. The van der Waals surface area contributed by atoms with E-state index in [2.05, 4.69) is 137 Å². The van der Waals surface area contributed by atoms with E-state index in [9.17, 15) is 43.2 Å². The van der Waals surface area contributed by atoms with Gasteiger partial charge < -0.3 is 33.8 Å². The Morgan fingerprint density at radius 3 is 0.837 bits per heavy atom. The molecule has 5 unspecified atom stereocenters. The van der Waals surface area contributed by atoms with Gasteiger partial charge in [0.25, 0.3) is 0 Å². The van der Waals surface area contributed by atoms with Crippen LogP contribution in [0.2, 0.25) is 0 Å². The van der Waals surface area contributed by atoms with Gasteiger partial charge in [-0.1, -0.05) is 285 Å². The van der Waals surface area contributed by atoms with Crippen molar-refractivity contribution in [2.24, 2.45) is 0 Å². The monoisotopic (exact) mass is 1420 g/mol. The zero-order valence-electron chi connectivity index (χ0n) is 61.4. The third kappa shape index (κ3) is 70.2. The lowest BCUT2D eigenvalue weighted by atomic mass is 10.0. The van der Waals surface area contributed by atoms with Crippen molar-refractivity contribution in [3.63, 3.8) is 0 Å². The number of rotatable bonds is 71. The first-order valence-corrected chi connectivity index (χ1v) is 41.1. The van der Waals surface area contributed by atoms with Crippen LogP contribution >= 0.6 is 15.6 Å². The maximum absolute atomic E-state index is 13.1. The number of ether oxygens (including phenoxy) is 4. The molecule has 0 saturated heterocycles. The Morgan fingerprint density at radius 2 is 0.531 bits per heavy atom. The Kier molecular flexibility index (Phi) is 68.0. The van der Waals surface area contributed by atoms with E-state index in [1.165, 1.54) is 96.3 Å². The predicted molar refractivity (Wildman–Crippen MR) is 399 cm³/mol. The molecule has 0 radical (unpaired) electrons. The number of allylic oxidation sites excluding steroid dienone is 18. The molecule has 0 spiro atoms. The average Bonchev–Trinajstić information content (AvgIpc) is 0.992. The van der Waals surface area contributed by atoms with Crippen molar-refractivity contribution in [1.29, 1.82) is 0 Å². The van der Waals surface area contributed by atoms with E-state index in [0.29, 0.717) is 32.1 Å². The summed E-state index contributed by atoms with van der Waals surface area (Å²) in [7, 11) is -9.96. The SMILES string of the molecule is CC/C=C\C/C=C\C/C=C\C/C=C\C/C=C\CCCCCC(=O)OCC(COP(=O)(O)OCC(O)COP(=O)(O)OCC(COC(=O)CCCCCCCCCCCCCCC)OC(=O)CCCCCCCCCCCCC)OC(=O)CCCC/C=C\C/C=C\C/C=C\C/C=C\CC. The molecule has 0 aliphatic heterocycles. The highest BCUT2D eigenvalue weighted by molar-refractivity contribution is 7.47. The van der Waals surface area contributed by atoms with Gasteiger partial charge in [0.15, 0.2) is 12.2 Å². The molecule has 564 valence electrons. The highest BCUT2D eigenvalue weighted by atomic mass is 31.2. The number of phosphoric ester groups is 2. The number of hydrogen-bond acceptors (Lipinski definition) is 15. The molecule has 0 heterocycles. The number of phosphoric acid groups is 2. The van der Waals surface area contributed by atoms with Crippen molar-refractivity contribution in [2.45, 2.75) is 329 Å². The van der Waals surface area contributed by atoms with E-state index < -0.39 is 97.5 Å². The Balaban J connectivity index is 5.38. The molecule has 0 aliphatic rings. The lowest BCUT2D eigenvalue weighted by Gasteiger charge is -2.21. The second-order valence-electron chi connectivity index (χ2n) is 25.2. The van der Waals surface area contributed by atoms with Gasteiger partial charge in [0, 0.05) is 25.7 Å². The van der Waals surface area contributed by atoms with Crippen LogP contribution in [0, 0.1) is 0 Å². The molecule has 0 aromatic carbocycles. The molecule has 0 aromatic rings. The summed E-state index contributed by atoms with van der Waals surface area (Å²) >= 11 is 0. The summed E-state index contributed by atoms with van der Waals surface area (Å²) < 4.78 is 68.4. The molecule has 0 rings (SSSR count). The Bertz CT molecular complexity index is 2290. The van der Waals surface area contributed by atoms with Gasteiger partial charge in [-0.15, -0.1) is 0 Å². The molecule has 5 atom stereocenters. The summed E-state index contributed by atoms with van der Waals surface area (Å²) in [5.74, 6) is -2.25. The molecule has 0 saturated carbocycles. The van der Waals surface area contributed by atoms with Crippen LogP contribution in [-0.4, -0.2) is 96.7 Å². The van der Waals surface area contributed by atoms with Crippen molar-refractivity contribution in [3.8, 4) is 0 Å². The minimum atomic E-state index is -4.99. The smallest absolute Gasteiger partial charge is 0.462 e. The molecule has 0 fully saturated rings. The second-order valence-corrected chi connectivity index (χ2v) is 28.1. The van der Waals surface area contributed by atoms with Crippen molar-refractivity contribution in [2.75, 3.05) is 39.6 Å². The minimum Gasteiger partial charge on any atom is -0.462 e. The maximum atomic E-state index is 13.1. The van der Waals surface area contributed by atoms with Crippen LogP contribution in [0.1, 0.15) is 310 Å². The van der Waals surface area contributed by atoms with Gasteiger partial charge in [-0.05, 0) is 109 Å². The van der Waals surface area contributed by atoms with Crippen LogP contribution in [0.5, 0.6) is 0 Å². The van der Waals surface area contributed by atoms with Gasteiger partial charge in [0.1, 0.15) is 19.3 Å². The number of esters is 4. The number of unbranched alkanes of at least 4 members (excludes halogenated alkanes) is 27. The summed E-state index contributed by atoms with van der Waals surface area (Å²) in [4.78, 5) is 72.8. The topological polar surface area (TPSA) is 237 Å². The fourth-order valence-electron chi connectivity index (χ4n) is 10.0. The van der Waals surface area contributed by atoms with Gasteiger partial charge in [-0.3, -0.25) is 37.3 Å². The van der Waals surface area contributed by atoms with E-state index in [-0.39, 0.29) is 25.7 Å². The average molecular weight is 1420 g/mol. The number of hydrogen-bond donors (Lipinski definition) is 3. The van der Waals surface area contributed by atoms with Gasteiger partial charge in [0.2, 0.25) is 0 Å². The molecule has 0 bridgehead atoms. The minimum absolute atomic E-state index is 0.0338. The molecule has 0 aromatic heterocycles. The number of aliphatic hydroxyl groups excluding tert-OH is 1. The van der Waals surface area contributed by atoms with Crippen LogP contribution in [0.3, 0.4) is 0 Å². The van der Waals surface area contributed by atoms with Crippen molar-refractivity contribution < 1.29 is 80.2 Å². The van der Waals surface area contributed by atoms with E-state index >= 15 is 0 Å². The van der Waals surface area contributed by atoms with E-state index in [1.54, 1.807) is 0 Å². The first kappa shape index (κ1) is 93.7. The number of aliphatic hydroxyl groups is 1.